The van der Waals surface area contributed by atoms with E-state index in [-0.39, 0.29) is 5.41 Å². The number of aliphatic imine (C=N–C) groups is 1. The van der Waals surface area contributed by atoms with Crippen LogP contribution >= 0.6 is 0 Å². The molecule has 1 aromatic carbocycles. The Morgan fingerprint density at radius 3 is 2.90 bits per heavy atom. The molecule has 1 aromatic rings. The fraction of sp³-hybridized carbons (Fsp3) is 0.611. The molecule has 0 aromatic heterocycles. The number of guanidine groups is 1. The minimum atomic E-state index is 0.137. The highest BCUT2D eigenvalue weighted by molar-refractivity contribution is 5.77. The van der Waals surface area contributed by atoms with Crippen molar-refractivity contribution in [2.45, 2.75) is 50.9 Å². The van der Waals surface area contributed by atoms with E-state index in [9.17, 15) is 0 Å². The fourth-order valence-corrected chi connectivity index (χ4v) is 3.56. The number of fused-ring (bicyclic) bond motifs is 1. The van der Waals surface area contributed by atoms with Crippen LogP contribution in [-0.2, 0) is 11.8 Å². The molecule has 1 atom stereocenters. The molecule has 2 aliphatic carbocycles. The molecular weight excluding hydrogens is 258 g/mol. The van der Waals surface area contributed by atoms with Gasteiger partial charge in [-0.1, -0.05) is 37.6 Å². The Labute approximate surface area is 128 Å². The summed E-state index contributed by atoms with van der Waals surface area (Å²) in [5.41, 5.74) is 9.13. The topological polar surface area (TPSA) is 50.4 Å². The summed E-state index contributed by atoms with van der Waals surface area (Å²) in [7, 11) is 0. The van der Waals surface area contributed by atoms with Crippen molar-refractivity contribution in [3.63, 3.8) is 0 Å². The largest absolute Gasteiger partial charge is 0.370 e. The molecule has 3 N–H and O–H groups in total. The summed E-state index contributed by atoms with van der Waals surface area (Å²) in [4.78, 5) is 4.63. The summed E-state index contributed by atoms with van der Waals surface area (Å²) in [5.74, 6) is 1.43. The fourth-order valence-electron chi connectivity index (χ4n) is 3.56. The van der Waals surface area contributed by atoms with Gasteiger partial charge >= 0.3 is 0 Å². The maximum atomic E-state index is 6.04. The van der Waals surface area contributed by atoms with Crippen LogP contribution in [0.5, 0.6) is 0 Å². The van der Waals surface area contributed by atoms with Crippen molar-refractivity contribution in [2.75, 3.05) is 13.1 Å². The Hall–Kier alpha value is -1.51. The first kappa shape index (κ1) is 14.4. The highest BCUT2D eigenvalue weighted by atomic mass is 15.1. The summed E-state index contributed by atoms with van der Waals surface area (Å²) in [6.45, 7) is 4.10. The molecule has 1 fully saturated rings. The van der Waals surface area contributed by atoms with Crippen LogP contribution in [0.1, 0.15) is 50.2 Å². The van der Waals surface area contributed by atoms with E-state index < -0.39 is 0 Å². The number of nitrogens with one attached hydrogen (secondary N) is 1. The van der Waals surface area contributed by atoms with Crippen molar-refractivity contribution in [3.8, 4) is 0 Å². The zero-order chi connectivity index (χ0) is 14.7. The van der Waals surface area contributed by atoms with E-state index in [1.54, 1.807) is 0 Å². The van der Waals surface area contributed by atoms with E-state index >= 15 is 0 Å². The summed E-state index contributed by atoms with van der Waals surface area (Å²) in [6.07, 6.45) is 7.70. The van der Waals surface area contributed by atoms with Gasteiger partial charge in [0.15, 0.2) is 5.96 Å². The quantitative estimate of drug-likeness (QED) is 0.660. The van der Waals surface area contributed by atoms with E-state index in [0.29, 0.717) is 5.96 Å². The number of hydrogen-bond donors (Lipinski definition) is 2. The molecule has 0 aliphatic heterocycles. The van der Waals surface area contributed by atoms with Gasteiger partial charge in [-0.3, -0.25) is 4.99 Å². The third kappa shape index (κ3) is 3.22. The average Bonchev–Trinajstić information content (AvgIpc) is 2.44. The van der Waals surface area contributed by atoms with Crippen molar-refractivity contribution in [1.29, 1.82) is 0 Å². The Morgan fingerprint density at radius 2 is 2.14 bits per heavy atom. The standard InChI is InChI=1S/C18H27N3/c1-18(11-5-9-15-8-2-3-10-16(15)18)13-21-17(19)20-12-14-6-4-7-14/h2-3,8,10,14H,4-7,9,11-13H2,1H3,(H3,19,20,21). The smallest absolute Gasteiger partial charge is 0.188 e. The molecule has 3 heteroatoms. The summed E-state index contributed by atoms with van der Waals surface area (Å²) >= 11 is 0. The van der Waals surface area contributed by atoms with E-state index in [1.165, 1.54) is 49.7 Å². The molecule has 0 amide bonds. The van der Waals surface area contributed by atoms with Crippen LogP contribution in [0.25, 0.3) is 0 Å². The third-order valence-corrected chi connectivity index (χ3v) is 5.24. The van der Waals surface area contributed by atoms with Crippen molar-refractivity contribution in [3.05, 3.63) is 35.4 Å². The first-order chi connectivity index (χ1) is 10.2. The highest BCUT2D eigenvalue weighted by Crippen LogP contribution is 2.37. The number of aryl methyl sites for hydroxylation is 1. The van der Waals surface area contributed by atoms with Gasteiger partial charge in [0.25, 0.3) is 0 Å². The third-order valence-electron chi connectivity index (χ3n) is 5.24. The lowest BCUT2D eigenvalue weighted by Crippen LogP contribution is -2.39. The summed E-state index contributed by atoms with van der Waals surface area (Å²) in [5, 5.41) is 3.29. The Bertz CT molecular complexity index is 519. The molecule has 0 radical (unpaired) electrons. The number of rotatable bonds is 4. The van der Waals surface area contributed by atoms with E-state index in [2.05, 4.69) is 41.5 Å². The van der Waals surface area contributed by atoms with Gasteiger partial charge in [0.05, 0.1) is 6.54 Å². The second kappa shape index (κ2) is 6.08. The molecule has 0 saturated heterocycles. The van der Waals surface area contributed by atoms with Gasteiger partial charge in [-0.15, -0.1) is 0 Å². The van der Waals surface area contributed by atoms with E-state index in [4.69, 9.17) is 5.73 Å². The van der Waals surface area contributed by atoms with Gasteiger partial charge in [0.2, 0.25) is 0 Å². The predicted molar refractivity (Wildman–Crippen MR) is 88.6 cm³/mol. The van der Waals surface area contributed by atoms with Crippen molar-refractivity contribution < 1.29 is 0 Å². The van der Waals surface area contributed by atoms with E-state index in [0.717, 1.165) is 19.0 Å². The van der Waals surface area contributed by atoms with Crippen LogP contribution in [0.3, 0.4) is 0 Å². The average molecular weight is 285 g/mol. The van der Waals surface area contributed by atoms with E-state index in [1.807, 2.05) is 0 Å². The maximum Gasteiger partial charge on any atom is 0.188 e. The van der Waals surface area contributed by atoms with Gasteiger partial charge in [-0.2, -0.15) is 0 Å². The Balaban J connectivity index is 1.63. The molecule has 0 bridgehead atoms. The lowest BCUT2D eigenvalue weighted by molar-refractivity contribution is 0.315. The van der Waals surface area contributed by atoms with Crippen LogP contribution in [0.4, 0.5) is 0 Å². The first-order valence-electron chi connectivity index (χ1n) is 8.29. The first-order valence-corrected chi connectivity index (χ1v) is 8.29. The molecule has 3 nitrogen and oxygen atoms in total. The van der Waals surface area contributed by atoms with Crippen LogP contribution in [0, 0.1) is 5.92 Å². The molecule has 114 valence electrons. The highest BCUT2D eigenvalue weighted by Gasteiger charge is 2.31. The monoisotopic (exact) mass is 285 g/mol. The SMILES string of the molecule is CC1(CN=C(N)NCC2CCC2)CCCc2ccccc21. The maximum absolute atomic E-state index is 6.04. The van der Waals surface area contributed by atoms with Crippen LogP contribution in [-0.4, -0.2) is 19.0 Å². The lowest BCUT2D eigenvalue weighted by Gasteiger charge is -2.35. The van der Waals surface area contributed by atoms with Crippen LogP contribution in [0.2, 0.25) is 0 Å². The van der Waals surface area contributed by atoms with Crippen LogP contribution < -0.4 is 11.1 Å². The molecule has 21 heavy (non-hydrogen) atoms. The molecule has 2 aliphatic rings. The number of nitrogens with two attached hydrogens (primary N) is 1. The minimum Gasteiger partial charge on any atom is -0.370 e. The second-order valence-electron chi connectivity index (χ2n) is 6.95. The van der Waals surface area contributed by atoms with Gasteiger partial charge in [0, 0.05) is 12.0 Å². The van der Waals surface area contributed by atoms with Crippen molar-refractivity contribution in [2.24, 2.45) is 16.6 Å². The Kier molecular flexibility index (Phi) is 4.18. The molecule has 0 spiro atoms. The van der Waals surface area contributed by atoms with Gasteiger partial charge in [0.1, 0.15) is 0 Å². The summed E-state index contributed by atoms with van der Waals surface area (Å²) < 4.78 is 0. The second-order valence-corrected chi connectivity index (χ2v) is 6.95. The summed E-state index contributed by atoms with van der Waals surface area (Å²) in [6, 6.07) is 8.81. The Morgan fingerprint density at radius 1 is 1.33 bits per heavy atom. The van der Waals surface area contributed by atoms with Gasteiger partial charge < -0.3 is 11.1 Å². The van der Waals surface area contributed by atoms with Crippen molar-refractivity contribution in [1.82, 2.24) is 5.32 Å². The van der Waals surface area contributed by atoms with Crippen molar-refractivity contribution >= 4 is 5.96 Å². The molecule has 1 unspecified atom stereocenters. The van der Waals surface area contributed by atoms with Crippen LogP contribution in [0.15, 0.2) is 29.3 Å². The normalized spacial score (nSPS) is 26.0. The molecule has 0 heterocycles. The number of hydrogen-bond acceptors (Lipinski definition) is 1. The number of nitrogens with zero attached hydrogens (tertiary/aromatic N) is 1. The predicted octanol–water partition coefficient (Wildman–Crippen LogP) is 2.99. The number of benzene rings is 1. The molecule has 1 saturated carbocycles. The van der Waals surface area contributed by atoms with Gasteiger partial charge in [-0.05, 0) is 49.1 Å². The zero-order valence-corrected chi connectivity index (χ0v) is 13.1. The minimum absolute atomic E-state index is 0.137. The van der Waals surface area contributed by atoms with Gasteiger partial charge in [-0.25, -0.2) is 0 Å². The lowest BCUT2D eigenvalue weighted by atomic mass is 9.71. The molecular formula is C18H27N3. The zero-order valence-electron chi connectivity index (χ0n) is 13.1. The molecule has 3 rings (SSSR count).